The minimum absolute atomic E-state index is 0.0937. The Morgan fingerprint density at radius 1 is 1.19 bits per heavy atom. The van der Waals surface area contributed by atoms with Gasteiger partial charge in [0.25, 0.3) is 0 Å². The van der Waals surface area contributed by atoms with Crippen LogP contribution in [0.15, 0.2) is 12.1 Å². The fourth-order valence-corrected chi connectivity index (χ4v) is 4.40. The van der Waals surface area contributed by atoms with Crippen molar-refractivity contribution in [3.63, 3.8) is 0 Å². The van der Waals surface area contributed by atoms with Gasteiger partial charge >= 0.3 is 5.97 Å². The van der Waals surface area contributed by atoms with Gasteiger partial charge < -0.3 is 24.8 Å². The minimum Gasteiger partial charge on any atom is -0.466 e. The number of piperidine rings is 1. The number of nitrogens with zero attached hydrogens (tertiary/aromatic N) is 2. The van der Waals surface area contributed by atoms with E-state index < -0.39 is 5.60 Å². The standard InChI is InChI=1S/C24H39N3O4/c1-30-17-6-18-31-22(28)19-24(29)11-15-27(16-12-24)14-4-2-3-8-21-10-9-20-7-5-13-25-23(20)26-21/h9-10,29H,2-8,11-19H2,1H3,(H,25,26). The molecule has 0 radical (unpaired) electrons. The van der Waals surface area contributed by atoms with Gasteiger partial charge in [0.2, 0.25) is 0 Å². The molecule has 0 spiro atoms. The zero-order valence-corrected chi connectivity index (χ0v) is 19.0. The Morgan fingerprint density at radius 3 is 2.84 bits per heavy atom. The van der Waals surface area contributed by atoms with Crippen LogP contribution < -0.4 is 5.32 Å². The second kappa shape index (κ2) is 12.4. The molecule has 0 amide bonds. The molecule has 0 unspecified atom stereocenters. The summed E-state index contributed by atoms with van der Waals surface area (Å²) >= 11 is 0. The Labute approximate surface area is 186 Å². The molecule has 2 N–H and O–H groups in total. The largest absolute Gasteiger partial charge is 0.466 e. The fourth-order valence-electron chi connectivity index (χ4n) is 4.40. The monoisotopic (exact) mass is 433 g/mol. The third-order valence-corrected chi connectivity index (χ3v) is 6.38. The SMILES string of the molecule is COCCCOC(=O)CC1(O)CCN(CCCCCc2ccc3c(n2)NCCC3)CC1. The van der Waals surface area contributed by atoms with Crippen LogP contribution in [-0.2, 0) is 27.1 Å². The average Bonchev–Trinajstić information content (AvgIpc) is 2.77. The van der Waals surface area contributed by atoms with Crippen molar-refractivity contribution in [1.29, 1.82) is 0 Å². The molecular weight excluding hydrogens is 394 g/mol. The molecule has 0 saturated carbocycles. The van der Waals surface area contributed by atoms with Crippen LogP contribution in [0.25, 0.3) is 0 Å². The molecule has 7 heteroatoms. The quantitative estimate of drug-likeness (QED) is 0.387. The highest BCUT2D eigenvalue weighted by molar-refractivity contribution is 5.70. The summed E-state index contributed by atoms with van der Waals surface area (Å²) in [5.41, 5.74) is 1.62. The van der Waals surface area contributed by atoms with Crippen LogP contribution in [0, 0.1) is 0 Å². The number of unbranched alkanes of at least 4 members (excludes halogenated alkanes) is 2. The molecular formula is C24H39N3O4. The molecule has 3 heterocycles. The lowest BCUT2D eigenvalue weighted by Gasteiger charge is -2.37. The molecule has 0 aromatic carbocycles. The van der Waals surface area contributed by atoms with Crippen molar-refractivity contribution in [1.82, 2.24) is 9.88 Å². The molecule has 1 aromatic heterocycles. The number of ether oxygens (including phenoxy) is 2. The summed E-state index contributed by atoms with van der Waals surface area (Å²) < 4.78 is 10.1. The van der Waals surface area contributed by atoms with Gasteiger partial charge in [-0.1, -0.05) is 12.5 Å². The van der Waals surface area contributed by atoms with Crippen molar-refractivity contribution >= 4 is 11.8 Å². The smallest absolute Gasteiger partial charge is 0.308 e. The number of likely N-dealkylation sites (tertiary alicyclic amines) is 1. The highest BCUT2D eigenvalue weighted by atomic mass is 16.5. The van der Waals surface area contributed by atoms with Crippen molar-refractivity contribution in [3.05, 3.63) is 23.4 Å². The summed E-state index contributed by atoms with van der Waals surface area (Å²) in [6.45, 7) is 4.69. The highest BCUT2D eigenvalue weighted by Crippen LogP contribution is 2.26. The van der Waals surface area contributed by atoms with Crippen molar-refractivity contribution in [2.75, 3.05) is 51.8 Å². The highest BCUT2D eigenvalue weighted by Gasteiger charge is 2.34. The molecule has 0 atom stereocenters. The van der Waals surface area contributed by atoms with Crippen LogP contribution in [0.4, 0.5) is 5.82 Å². The van der Waals surface area contributed by atoms with Crippen LogP contribution >= 0.6 is 0 Å². The number of methoxy groups -OCH3 is 1. The summed E-state index contributed by atoms with van der Waals surface area (Å²) in [5.74, 6) is 0.779. The summed E-state index contributed by atoms with van der Waals surface area (Å²) in [5, 5.41) is 14.1. The van der Waals surface area contributed by atoms with E-state index in [1.807, 2.05) is 0 Å². The predicted molar refractivity (Wildman–Crippen MR) is 121 cm³/mol. The van der Waals surface area contributed by atoms with Crippen LogP contribution in [0.5, 0.6) is 0 Å². The van der Waals surface area contributed by atoms with E-state index in [0.717, 1.165) is 57.7 Å². The third kappa shape index (κ3) is 8.05. The average molecular weight is 434 g/mol. The lowest BCUT2D eigenvalue weighted by molar-refractivity contribution is -0.151. The van der Waals surface area contributed by atoms with Crippen molar-refractivity contribution in [2.45, 2.75) is 69.8 Å². The Bertz CT molecular complexity index is 689. The van der Waals surface area contributed by atoms with Crippen LogP contribution in [0.3, 0.4) is 0 Å². The van der Waals surface area contributed by atoms with Gasteiger partial charge in [-0.05, 0) is 63.1 Å². The number of aryl methyl sites for hydroxylation is 2. The van der Waals surface area contributed by atoms with E-state index in [9.17, 15) is 9.90 Å². The van der Waals surface area contributed by atoms with Gasteiger partial charge in [-0.2, -0.15) is 0 Å². The van der Waals surface area contributed by atoms with Crippen LogP contribution in [-0.4, -0.2) is 73.1 Å². The van der Waals surface area contributed by atoms with Crippen molar-refractivity contribution in [2.24, 2.45) is 0 Å². The molecule has 1 fully saturated rings. The second-order valence-corrected chi connectivity index (χ2v) is 8.96. The first-order valence-electron chi connectivity index (χ1n) is 11.9. The molecule has 3 rings (SSSR count). The maximum absolute atomic E-state index is 12.0. The number of pyridine rings is 1. The second-order valence-electron chi connectivity index (χ2n) is 8.96. The summed E-state index contributed by atoms with van der Waals surface area (Å²) in [4.78, 5) is 19.1. The molecule has 31 heavy (non-hydrogen) atoms. The van der Waals surface area contributed by atoms with Crippen LogP contribution in [0.2, 0.25) is 0 Å². The Balaban J connectivity index is 1.26. The number of anilines is 1. The van der Waals surface area contributed by atoms with Gasteiger partial charge in [-0.25, -0.2) is 4.98 Å². The van der Waals surface area contributed by atoms with E-state index in [1.165, 1.54) is 24.1 Å². The number of carbonyl (C=O) groups is 1. The van der Waals surface area contributed by atoms with Gasteiger partial charge in [0.05, 0.1) is 18.6 Å². The zero-order chi connectivity index (χ0) is 21.9. The molecule has 0 bridgehead atoms. The lowest BCUT2D eigenvalue weighted by Crippen LogP contribution is -2.46. The number of carbonyl (C=O) groups excluding carboxylic acids is 1. The number of rotatable bonds is 12. The zero-order valence-electron chi connectivity index (χ0n) is 19.0. The van der Waals surface area contributed by atoms with E-state index >= 15 is 0 Å². The molecule has 2 aliphatic heterocycles. The van der Waals surface area contributed by atoms with E-state index in [1.54, 1.807) is 7.11 Å². The Kier molecular flexibility index (Phi) is 9.55. The molecule has 1 saturated heterocycles. The third-order valence-electron chi connectivity index (χ3n) is 6.38. The number of aromatic nitrogens is 1. The Morgan fingerprint density at radius 2 is 2.03 bits per heavy atom. The van der Waals surface area contributed by atoms with Gasteiger partial charge in [0.1, 0.15) is 5.82 Å². The van der Waals surface area contributed by atoms with E-state index in [2.05, 4.69) is 22.3 Å². The predicted octanol–water partition coefficient (Wildman–Crippen LogP) is 2.95. The van der Waals surface area contributed by atoms with Gasteiger partial charge in [0.15, 0.2) is 0 Å². The fraction of sp³-hybridized carbons (Fsp3) is 0.750. The van der Waals surface area contributed by atoms with Crippen LogP contribution in [0.1, 0.15) is 62.6 Å². The molecule has 174 valence electrons. The normalized spacial score (nSPS) is 18.3. The number of fused-ring (bicyclic) bond motifs is 1. The van der Waals surface area contributed by atoms with Gasteiger partial charge in [-0.3, -0.25) is 4.79 Å². The Hall–Kier alpha value is -1.70. The number of nitrogens with one attached hydrogen (secondary N) is 1. The molecule has 0 aliphatic carbocycles. The molecule has 1 aromatic rings. The van der Waals surface area contributed by atoms with E-state index in [-0.39, 0.29) is 12.4 Å². The number of hydrogen-bond donors (Lipinski definition) is 2. The number of aliphatic hydroxyl groups is 1. The maximum atomic E-state index is 12.0. The minimum atomic E-state index is -0.916. The van der Waals surface area contributed by atoms with Gasteiger partial charge in [0, 0.05) is 45.5 Å². The van der Waals surface area contributed by atoms with Gasteiger partial charge in [-0.15, -0.1) is 0 Å². The topological polar surface area (TPSA) is 83.9 Å². The first-order chi connectivity index (χ1) is 15.1. The van der Waals surface area contributed by atoms with E-state index in [4.69, 9.17) is 14.5 Å². The van der Waals surface area contributed by atoms with Crippen molar-refractivity contribution in [3.8, 4) is 0 Å². The first kappa shape index (κ1) is 24.0. The van der Waals surface area contributed by atoms with Crippen molar-refractivity contribution < 1.29 is 19.4 Å². The summed E-state index contributed by atoms with van der Waals surface area (Å²) in [6, 6.07) is 4.41. The molecule has 7 nitrogen and oxygen atoms in total. The lowest BCUT2D eigenvalue weighted by atomic mass is 9.88. The molecule has 2 aliphatic rings. The first-order valence-corrected chi connectivity index (χ1v) is 11.9. The summed E-state index contributed by atoms with van der Waals surface area (Å²) in [7, 11) is 1.63. The number of hydrogen-bond acceptors (Lipinski definition) is 7. The number of esters is 1. The maximum Gasteiger partial charge on any atom is 0.308 e. The summed E-state index contributed by atoms with van der Waals surface area (Å²) in [6.07, 6.45) is 8.89. The van der Waals surface area contributed by atoms with E-state index in [0.29, 0.717) is 32.5 Å².